The van der Waals surface area contributed by atoms with Crippen molar-refractivity contribution in [3.63, 3.8) is 0 Å². The van der Waals surface area contributed by atoms with E-state index in [-0.39, 0.29) is 5.91 Å². The number of nitrogens with zero attached hydrogens (tertiary/aromatic N) is 2. The van der Waals surface area contributed by atoms with Crippen molar-refractivity contribution in [2.75, 3.05) is 13.1 Å². The minimum atomic E-state index is 0.193. The van der Waals surface area contributed by atoms with Gasteiger partial charge in [-0.1, -0.05) is 42.5 Å². The van der Waals surface area contributed by atoms with Crippen molar-refractivity contribution in [1.29, 1.82) is 0 Å². The predicted molar refractivity (Wildman–Crippen MR) is 114 cm³/mol. The third kappa shape index (κ3) is 2.82. The highest BCUT2D eigenvalue weighted by molar-refractivity contribution is 5.94. The number of benzene rings is 2. The van der Waals surface area contributed by atoms with E-state index in [0.29, 0.717) is 13.0 Å². The van der Waals surface area contributed by atoms with E-state index in [0.717, 1.165) is 29.4 Å². The van der Waals surface area contributed by atoms with E-state index in [2.05, 4.69) is 59.2 Å². The highest BCUT2D eigenvalue weighted by Gasteiger charge is 2.20. The van der Waals surface area contributed by atoms with Gasteiger partial charge in [0.15, 0.2) is 0 Å². The van der Waals surface area contributed by atoms with Gasteiger partial charge < -0.3 is 14.5 Å². The molecule has 0 bridgehead atoms. The molecule has 4 heteroatoms. The maximum Gasteiger partial charge on any atom is 0.227 e. The molecule has 4 aromatic rings. The molecule has 3 heterocycles. The number of aryl methyl sites for hydroxylation is 1. The van der Waals surface area contributed by atoms with E-state index in [9.17, 15) is 4.79 Å². The zero-order chi connectivity index (χ0) is 19.1. The summed E-state index contributed by atoms with van der Waals surface area (Å²) < 4.78 is 2.18. The summed E-state index contributed by atoms with van der Waals surface area (Å²) >= 11 is 0. The Bertz CT molecular complexity index is 1210. The molecule has 2 aromatic heterocycles. The summed E-state index contributed by atoms with van der Waals surface area (Å²) in [7, 11) is 2.09. The molecule has 0 atom stereocenters. The Hall–Kier alpha value is -3.27. The van der Waals surface area contributed by atoms with Gasteiger partial charge in [0.2, 0.25) is 5.91 Å². The van der Waals surface area contributed by atoms with Crippen molar-refractivity contribution in [3.8, 4) is 0 Å². The summed E-state index contributed by atoms with van der Waals surface area (Å²) in [5, 5.41) is 2.43. The molecule has 0 saturated heterocycles. The summed E-state index contributed by atoms with van der Waals surface area (Å²) in [4.78, 5) is 18.1. The molecule has 1 N–H and O–H groups in total. The Morgan fingerprint density at radius 2 is 1.86 bits per heavy atom. The molecule has 28 heavy (non-hydrogen) atoms. The molecule has 2 aromatic carbocycles. The van der Waals surface area contributed by atoms with Crippen LogP contribution >= 0.6 is 0 Å². The molecule has 1 aliphatic heterocycles. The van der Waals surface area contributed by atoms with E-state index in [1.165, 1.54) is 22.0 Å². The van der Waals surface area contributed by atoms with E-state index in [4.69, 9.17) is 0 Å². The number of aromatic amines is 1. The molecule has 0 radical (unpaired) electrons. The van der Waals surface area contributed by atoms with Crippen LogP contribution in [0.15, 0.2) is 67.0 Å². The van der Waals surface area contributed by atoms with Gasteiger partial charge in [0, 0.05) is 59.9 Å². The van der Waals surface area contributed by atoms with Gasteiger partial charge in [-0.05, 0) is 29.7 Å². The second kappa shape index (κ2) is 6.71. The number of H-pyrrole nitrogens is 1. The number of aromatic nitrogens is 2. The average Bonchev–Trinajstić information content (AvgIpc) is 3.30. The Morgan fingerprint density at radius 1 is 1.07 bits per heavy atom. The van der Waals surface area contributed by atoms with E-state index < -0.39 is 0 Å². The number of fused-ring (bicyclic) bond motifs is 2. The van der Waals surface area contributed by atoms with Crippen molar-refractivity contribution >= 4 is 33.3 Å². The highest BCUT2D eigenvalue weighted by atomic mass is 16.2. The third-order valence-electron chi connectivity index (χ3n) is 5.82. The number of carbonyl (C=O) groups excluding carboxylic acids is 1. The fourth-order valence-corrected chi connectivity index (χ4v) is 4.29. The summed E-state index contributed by atoms with van der Waals surface area (Å²) in [5.41, 5.74) is 6.04. The summed E-state index contributed by atoms with van der Waals surface area (Å²) in [6.45, 7) is 1.45. The van der Waals surface area contributed by atoms with Crippen LogP contribution in [0.5, 0.6) is 0 Å². The molecule has 0 unspecified atom stereocenters. The van der Waals surface area contributed by atoms with Crippen molar-refractivity contribution in [2.24, 2.45) is 7.05 Å². The lowest BCUT2D eigenvalue weighted by Crippen LogP contribution is -2.35. The highest BCUT2D eigenvalue weighted by Crippen LogP contribution is 2.30. The quantitative estimate of drug-likeness (QED) is 0.567. The van der Waals surface area contributed by atoms with Crippen LogP contribution in [0.4, 0.5) is 0 Å². The van der Waals surface area contributed by atoms with Crippen molar-refractivity contribution < 1.29 is 4.79 Å². The zero-order valence-electron chi connectivity index (χ0n) is 16.0. The number of amides is 1. The molecule has 0 saturated carbocycles. The van der Waals surface area contributed by atoms with Gasteiger partial charge in [0.1, 0.15) is 0 Å². The van der Waals surface area contributed by atoms with Crippen LogP contribution in [0.2, 0.25) is 0 Å². The van der Waals surface area contributed by atoms with Crippen LogP contribution in [0.3, 0.4) is 0 Å². The van der Waals surface area contributed by atoms with Crippen molar-refractivity contribution in [3.05, 3.63) is 78.1 Å². The SMILES string of the molecule is Cn1cc(C2=CCN(C(=O)Cc3c[nH]c4ccccc34)CC2)c2ccccc21. The molecule has 0 fully saturated rings. The number of nitrogens with one attached hydrogen (secondary N) is 1. The number of carbonyl (C=O) groups is 1. The smallest absolute Gasteiger partial charge is 0.227 e. The first-order valence-corrected chi connectivity index (χ1v) is 9.77. The lowest BCUT2D eigenvalue weighted by molar-refractivity contribution is -0.130. The van der Waals surface area contributed by atoms with Gasteiger partial charge in [-0.25, -0.2) is 0 Å². The Balaban J connectivity index is 1.34. The fourth-order valence-electron chi connectivity index (χ4n) is 4.29. The Kier molecular flexibility index (Phi) is 4.05. The molecule has 4 nitrogen and oxygen atoms in total. The van der Waals surface area contributed by atoms with Gasteiger partial charge in [-0.2, -0.15) is 0 Å². The lowest BCUT2D eigenvalue weighted by Gasteiger charge is -2.26. The van der Waals surface area contributed by atoms with Gasteiger partial charge >= 0.3 is 0 Å². The molecule has 0 aliphatic carbocycles. The van der Waals surface area contributed by atoms with Crippen molar-refractivity contribution in [2.45, 2.75) is 12.8 Å². The van der Waals surface area contributed by atoms with Crippen LogP contribution in [-0.2, 0) is 18.3 Å². The largest absolute Gasteiger partial charge is 0.361 e. The van der Waals surface area contributed by atoms with Gasteiger partial charge in [0.25, 0.3) is 0 Å². The summed E-state index contributed by atoms with van der Waals surface area (Å²) in [5.74, 6) is 0.193. The monoisotopic (exact) mass is 369 g/mol. The van der Waals surface area contributed by atoms with Crippen LogP contribution in [0, 0.1) is 0 Å². The lowest BCUT2D eigenvalue weighted by atomic mass is 9.98. The third-order valence-corrected chi connectivity index (χ3v) is 5.82. The Morgan fingerprint density at radius 3 is 2.68 bits per heavy atom. The first-order chi connectivity index (χ1) is 13.7. The normalized spacial score (nSPS) is 14.6. The molecular weight excluding hydrogens is 346 g/mol. The van der Waals surface area contributed by atoms with E-state index in [1.807, 2.05) is 29.3 Å². The molecule has 1 amide bonds. The van der Waals surface area contributed by atoms with Crippen LogP contribution in [-0.4, -0.2) is 33.4 Å². The maximum atomic E-state index is 12.8. The summed E-state index contributed by atoms with van der Waals surface area (Å²) in [6.07, 6.45) is 7.73. The van der Waals surface area contributed by atoms with Crippen LogP contribution in [0.25, 0.3) is 27.4 Å². The topological polar surface area (TPSA) is 41.0 Å². The van der Waals surface area contributed by atoms with Crippen LogP contribution in [0.1, 0.15) is 17.5 Å². The number of para-hydroxylation sites is 2. The van der Waals surface area contributed by atoms with Gasteiger partial charge in [0.05, 0.1) is 6.42 Å². The number of hydrogen-bond acceptors (Lipinski definition) is 1. The first-order valence-electron chi connectivity index (χ1n) is 9.77. The number of hydrogen-bond donors (Lipinski definition) is 1. The standard InChI is InChI=1S/C24H23N3O/c1-26-16-21(20-7-3-5-9-23(20)26)17-10-12-27(13-11-17)24(28)14-18-15-25-22-8-4-2-6-19(18)22/h2-10,15-16,25H,11-14H2,1H3. The van der Waals surface area contributed by atoms with E-state index in [1.54, 1.807) is 0 Å². The van der Waals surface area contributed by atoms with E-state index >= 15 is 0 Å². The summed E-state index contributed by atoms with van der Waals surface area (Å²) in [6, 6.07) is 16.6. The second-order valence-corrected chi connectivity index (χ2v) is 7.53. The molecule has 1 aliphatic rings. The molecule has 0 spiro atoms. The molecule has 140 valence electrons. The maximum absolute atomic E-state index is 12.8. The average molecular weight is 369 g/mol. The second-order valence-electron chi connectivity index (χ2n) is 7.53. The Labute approximate surface area is 164 Å². The minimum Gasteiger partial charge on any atom is -0.361 e. The first kappa shape index (κ1) is 16.9. The predicted octanol–water partition coefficient (Wildman–Crippen LogP) is 4.52. The van der Waals surface area contributed by atoms with Gasteiger partial charge in [-0.15, -0.1) is 0 Å². The molecule has 5 rings (SSSR count). The van der Waals surface area contributed by atoms with Crippen molar-refractivity contribution in [1.82, 2.24) is 14.5 Å². The van der Waals surface area contributed by atoms with Gasteiger partial charge in [-0.3, -0.25) is 4.79 Å². The minimum absolute atomic E-state index is 0.193. The number of rotatable bonds is 3. The zero-order valence-corrected chi connectivity index (χ0v) is 16.0. The van der Waals surface area contributed by atoms with Crippen LogP contribution < -0.4 is 0 Å². The fraction of sp³-hybridized carbons (Fsp3) is 0.208. The molecular formula is C24H23N3O.